The van der Waals surface area contributed by atoms with Crippen molar-refractivity contribution < 1.29 is 14.7 Å². The molecule has 0 saturated heterocycles. The number of aromatic nitrogens is 2. The fourth-order valence-electron chi connectivity index (χ4n) is 1.89. The number of benzene rings is 1. The van der Waals surface area contributed by atoms with Gasteiger partial charge >= 0.3 is 12.0 Å². The van der Waals surface area contributed by atoms with Crippen LogP contribution in [0.3, 0.4) is 0 Å². The lowest BCUT2D eigenvalue weighted by Crippen LogP contribution is -2.20. The third kappa shape index (κ3) is 3.38. The molecule has 1 heterocycles. The van der Waals surface area contributed by atoms with Crippen LogP contribution in [0, 0.1) is 6.92 Å². The molecule has 0 spiro atoms. The number of carboxylic acid groups (broad SMARTS) is 1. The van der Waals surface area contributed by atoms with Gasteiger partial charge in [0.25, 0.3) is 0 Å². The SMILES string of the molecule is CCn1cc(NC(=O)Nc2cccc(C(=O)O)c2C)cn1. The third-order valence-corrected chi connectivity index (χ3v) is 3.03. The number of carbonyl (C=O) groups is 2. The molecule has 0 aliphatic carbocycles. The van der Waals surface area contributed by atoms with Crippen LogP contribution in [-0.4, -0.2) is 26.9 Å². The van der Waals surface area contributed by atoms with E-state index in [1.165, 1.54) is 6.07 Å². The summed E-state index contributed by atoms with van der Waals surface area (Å²) in [5.41, 5.74) is 1.69. The first kappa shape index (κ1) is 14.6. The van der Waals surface area contributed by atoms with Crippen molar-refractivity contribution in [2.75, 3.05) is 10.6 Å². The molecule has 1 aromatic heterocycles. The van der Waals surface area contributed by atoms with Gasteiger partial charge in [-0.1, -0.05) is 6.07 Å². The summed E-state index contributed by atoms with van der Waals surface area (Å²) < 4.78 is 1.69. The largest absolute Gasteiger partial charge is 0.478 e. The number of amides is 2. The normalized spacial score (nSPS) is 10.2. The van der Waals surface area contributed by atoms with Crippen LogP contribution in [0.2, 0.25) is 0 Å². The fraction of sp³-hybridized carbons (Fsp3) is 0.214. The molecular formula is C14H16N4O3. The molecule has 0 unspecified atom stereocenters. The number of aryl methyl sites for hydroxylation is 1. The predicted octanol–water partition coefficient (Wildman–Crippen LogP) is 2.55. The van der Waals surface area contributed by atoms with E-state index in [4.69, 9.17) is 5.11 Å². The van der Waals surface area contributed by atoms with Crippen LogP contribution in [-0.2, 0) is 6.54 Å². The Morgan fingerprint density at radius 2 is 2.10 bits per heavy atom. The molecule has 2 rings (SSSR count). The van der Waals surface area contributed by atoms with Crippen LogP contribution in [0.5, 0.6) is 0 Å². The Hall–Kier alpha value is -2.83. The first-order chi connectivity index (χ1) is 10.0. The van der Waals surface area contributed by atoms with Crippen LogP contribution in [0.4, 0.5) is 16.2 Å². The second-order valence-electron chi connectivity index (χ2n) is 4.45. The molecule has 0 fully saturated rings. The van der Waals surface area contributed by atoms with E-state index in [-0.39, 0.29) is 5.56 Å². The van der Waals surface area contributed by atoms with Crippen molar-refractivity contribution in [1.82, 2.24) is 9.78 Å². The second-order valence-corrected chi connectivity index (χ2v) is 4.45. The van der Waals surface area contributed by atoms with Crippen molar-refractivity contribution in [3.8, 4) is 0 Å². The number of carbonyl (C=O) groups excluding carboxylic acids is 1. The molecule has 2 amide bonds. The van der Waals surface area contributed by atoms with Gasteiger partial charge < -0.3 is 15.7 Å². The fourth-order valence-corrected chi connectivity index (χ4v) is 1.89. The minimum atomic E-state index is -1.03. The number of carboxylic acids is 1. The molecule has 1 aromatic carbocycles. The molecule has 3 N–H and O–H groups in total. The molecule has 21 heavy (non-hydrogen) atoms. The van der Waals surface area contributed by atoms with E-state index in [2.05, 4.69) is 15.7 Å². The van der Waals surface area contributed by atoms with E-state index in [0.717, 1.165) is 0 Å². The van der Waals surface area contributed by atoms with Crippen molar-refractivity contribution in [1.29, 1.82) is 0 Å². The summed E-state index contributed by atoms with van der Waals surface area (Å²) in [5, 5.41) is 18.4. The molecule has 7 nitrogen and oxygen atoms in total. The molecule has 110 valence electrons. The number of nitrogens with zero attached hydrogens (tertiary/aromatic N) is 2. The number of aromatic carboxylic acids is 1. The van der Waals surface area contributed by atoms with Gasteiger partial charge in [0, 0.05) is 18.4 Å². The maximum Gasteiger partial charge on any atom is 0.336 e. The van der Waals surface area contributed by atoms with Gasteiger partial charge in [-0.15, -0.1) is 0 Å². The Kier molecular flexibility index (Phi) is 4.22. The van der Waals surface area contributed by atoms with Crippen molar-refractivity contribution in [2.24, 2.45) is 0 Å². The van der Waals surface area contributed by atoms with Crippen LogP contribution in [0.15, 0.2) is 30.6 Å². The summed E-state index contributed by atoms with van der Waals surface area (Å²) in [6.07, 6.45) is 3.25. The van der Waals surface area contributed by atoms with Crippen LogP contribution in [0.1, 0.15) is 22.8 Å². The summed E-state index contributed by atoms with van der Waals surface area (Å²) in [5.74, 6) is -1.03. The van der Waals surface area contributed by atoms with Crippen molar-refractivity contribution in [2.45, 2.75) is 20.4 Å². The number of hydrogen-bond donors (Lipinski definition) is 3. The van der Waals surface area contributed by atoms with E-state index in [9.17, 15) is 9.59 Å². The van der Waals surface area contributed by atoms with Gasteiger partial charge in [0.1, 0.15) is 0 Å². The highest BCUT2D eigenvalue weighted by molar-refractivity contribution is 6.01. The zero-order valence-corrected chi connectivity index (χ0v) is 11.8. The zero-order valence-electron chi connectivity index (χ0n) is 11.8. The Labute approximate surface area is 121 Å². The molecule has 0 saturated carbocycles. The number of urea groups is 1. The number of anilines is 2. The number of nitrogens with one attached hydrogen (secondary N) is 2. The zero-order chi connectivity index (χ0) is 15.4. The highest BCUT2D eigenvalue weighted by Crippen LogP contribution is 2.19. The molecule has 0 atom stereocenters. The first-order valence-corrected chi connectivity index (χ1v) is 6.44. The molecule has 0 aliphatic heterocycles. The number of hydrogen-bond acceptors (Lipinski definition) is 3. The Balaban J connectivity index is 2.09. The highest BCUT2D eigenvalue weighted by Gasteiger charge is 2.12. The minimum Gasteiger partial charge on any atom is -0.478 e. The van der Waals surface area contributed by atoms with E-state index >= 15 is 0 Å². The van der Waals surface area contributed by atoms with Gasteiger partial charge in [-0.05, 0) is 31.5 Å². The van der Waals surface area contributed by atoms with Crippen LogP contribution < -0.4 is 10.6 Å². The summed E-state index contributed by atoms with van der Waals surface area (Å²) in [6, 6.07) is 4.28. The van der Waals surface area contributed by atoms with E-state index in [1.54, 1.807) is 36.1 Å². The van der Waals surface area contributed by atoms with Gasteiger partial charge in [0.2, 0.25) is 0 Å². The lowest BCUT2D eigenvalue weighted by Gasteiger charge is -2.10. The third-order valence-electron chi connectivity index (χ3n) is 3.03. The summed E-state index contributed by atoms with van der Waals surface area (Å²) in [6.45, 7) is 4.30. The van der Waals surface area contributed by atoms with E-state index in [0.29, 0.717) is 23.5 Å². The van der Waals surface area contributed by atoms with Gasteiger partial charge in [0.05, 0.1) is 17.4 Å². The predicted molar refractivity (Wildman–Crippen MR) is 78.7 cm³/mol. The average Bonchev–Trinajstić information content (AvgIpc) is 2.88. The maximum atomic E-state index is 11.9. The second kappa shape index (κ2) is 6.08. The Bertz CT molecular complexity index is 679. The monoisotopic (exact) mass is 288 g/mol. The standard InChI is InChI=1S/C14H16N4O3/c1-3-18-8-10(7-15-18)16-14(21)17-12-6-4-5-11(9(12)2)13(19)20/h4-8H,3H2,1-2H3,(H,19,20)(H2,16,17,21). The quantitative estimate of drug-likeness (QED) is 0.805. The number of rotatable bonds is 4. The first-order valence-electron chi connectivity index (χ1n) is 6.44. The summed E-state index contributed by atoms with van der Waals surface area (Å²) in [4.78, 5) is 23.0. The van der Waals surface area contributed by atoms with Crippen molar-refractivity contribution >= 4 is 23.4 Å². The summed E-state index contributed by atoms with van der Waals surface area (Å²) >= 11 is 0. The van der Waals surface area contributed by atoms with E-state index in [1.807, 2.05) is 6.92 Å². The molecule has 7 heteroatoms. The summed E-state index contributed by atoms with van der Waals surface area (Å²) in [7, 11) is 0. The molecular weight excluding hydrogens is 272 g/mol. The Morgan fingerprint density at radius 3 is 2.71 bits per heavy atom. The topological polar surface area (TPSA) is 96.2 Å². The van der Waals surface area contributed by atoms with Gasteiger partial charge in [0.15, 0.2) is 0 Å². The molecule has 2 aromatic rings. The van der Waals surface area contributed by atoms with Crippen molar-refractivity contribution in [3.63, 3.8) is 0 Å². The highest BCUT2D eigenvalue weighted by atomic mass is 16.4. The van der Waals surface area contributed by atoms with Crippen molar-refractivity contribution in [3.05, 3.63) is 41.7 Å². The van der Waals surface area contributed by atoms with Crippen LogP contribution in [0.25, 0.3) is 0 Å². The molecule has 0 aliphatic rings. The Morgan fingerprint density at radius 1 is 1.33 bits per heavy atom. The lowest BCUT2D eigenvalue weighted by atomic mass is 10.1. The van der Waals surface area contributed by atoms with E-state index < -0.39 is 12.0 Å². The molecule has 0 radical (unpaired) electrons. The molecule has 0 bridgehead atoms. The van der Waals surface area contributed by atoms with Gasteiger partial charge in [-0.25, -0.2) is 9.59 Å². The van der Waals surface area contributed by atoms with Gasteiger partial charge in [-0.3, -0.25) is 4.68 Å². The minimum absolute atomic E-state index is 0.159. The smallest absolute Gasteiger partial charge is 0.336 e. The van der Waals surface area contributed by atoms with Gasteiger partial charge in [-0.2, -0.15) is 5.10 Å². The van der Waals surface area contributed by atoms with Crippen LogP contribution >= 0.6 is 0 Å². The lowest BCUT2D eigenvalue weighted by molar-refractivity contribution is 0.0696. The maximum absolute atomic E-state index is 11.9. The average molecular weight is 288 g/mol.